The fourth-order valence-corrected chi connectivity index (χ4v) is 1.78. The van der Waals surface area contributed by atoms with Crippen LogP contribution in [0.2, 0.25) is 0 Å². The van der Waals surface area contributed by atoms with Gasteiger partial charge >= 0.3 is 0 Å². The third kappa shape index (κ3) is 3.23. The van der Waals surface area contributed by atoms with Gasteiger partial charge in [0.15, 0.2) is 0 Å². The number of carbonyl (C=O) groups is 1. The zero-order valence-corrected chi connectivity index (χ0v) is 9.57. The van der Waals surface area contributed by atoms with Gasteiger partial charge < -0.3 is 0 Å². The Hall–Kier alpha value is -0.750. The number of hydrazone groups is 1. The molecule has 1 aromatic rings. The van der Waals surface area contributed by atoms with Crippen molar-refractivity contribution in [2.24, 2.45) is 5.10 Å². The van der Waals surface area contributed by atoms with Crippen molar-refractivity contribution in [2.75, 3.05) is 0 Å². The molecule has 0 saturated carbocycles. The van der Waals surface area contributed by atoms with Crippen molar-refractivity contribution in [3.8, 4) is 0 Å². The van der Waals surface area contributed by atoms with Crippen molar-refractivity contribution >= 4 is 38.9 Å². The Kier molecular flexibility index (Phi) is 3.56. The minimum Gasteiger partial charge on any atom is -0.274 e. The number of carbonyl (C=O) groups excluding carboxylic acids is 1. The number of nitrogens with one attached hydrogen (secondary N) is 1. The Morgan fingerprint density at radius 3 is 2.85 bits per heavy atom. The van der Waals surface area contributed by atoms with E-state index in [1.54, 1.807) is 13.1 Å². The van der Waals surface area contributed by atoms with Crippen LogP contribution in [0.1, 0.15) is 18.9 Å². The summed E-state index contributed by atoms with van der Waals surface area (Å²) < 4.78 is 0.944. The van der Waals surface area contributed by atoms with Crippen LogP contribution in [0.15, 0.2) is 15.1 Å². The van der Waals surface area contributed by atoms with E-state index in [2.05, 4.69) is 31.4 Å². The van der Waals surface area contributed by atoms with Crippen molar-refractivity contribution in [1.29, 1.82) is 0 Å². The van der Waals surface area contributed by atoms with E-state index in [1.165, 1.54) is 18.3 Å². The van der Waals surface area contributed by atoms with Crippen molar-refractivity contribution in [3.05, 3.63) is 15.0 Å². The Morgan fingerprint density at radius 2 is 2.38 bits per heavy atom. The first-order valence-electron chi connectivity index (χ1n) is 3.52. The number of rotatable bonds is 2. The molecular weight excluding hydrogens is 254 g/mol. The molecule has 0 radical (unpaired) electrons. The normalized spacial score (nSPS) is 11.5. The molecule has 0 aliphatic rings. The number of hydrogen-bond acceptors (Lipinski definition) is 4. The number of aromatic nitrogens is 1. The minimum absolute atomic E-state index is 0.185. The van der Waals surface area contributed by atoms with Crippen LogP contribution in [0.5, 0.6) is 0 Å². The summed E-state index contributed by atoms with van der Waals surface area (Å²) in [5.41, 5.74) is 3.05. The van der Waals surface area contributed by atoms with E-state index in [1.807, 2.05) is 0 Å². The summed E-state index contributed by atoms with van der Waals surface area (Å²) in [7, 11) is 0. The zero-order valence-electron chi connectivity index (χ0n) is 7.17. The van der Waals surface area contributed by atoms with Gasteiger partial charge in [0.05, 0.1) is 15.7 Å². The molecule has 0 bridgehead atoms. The van der Waals surface area contributed by atoms with Crippen LogP contribution in [-0.2, 0) is 4.79 Å². The van der Waals surface area contributed by atoms with Crippen molar-refractivity contribution in [1.82, 2.24) is 10.4 Å². The van der Waals surface area contributed by atoms with Gasteiger partial charge in [0.1, 0.15) is 5.01 Å². The Morgan fingerprint density at radius 1 is 1.69 bits per heavy atom. The Balaban J connectivity index is 2.72. The summed E-state index contributed by atoms with van der Waals surface area (Å²) in [5.74, 6) is -0.185. The molecule has 4 nitrogen and oxygen atoms in total. The topological polar surface area (TPSA) is 54.4 Å². The van der Waals surface area contributed by atoms with E-state index in [4.69, 9.17) is 0 Å². The van der Waals surface area contributed by atoms with Crippen molar-refractivity contribution in [2.45, 2.75) is 13.8 Å². The molecule has 1 N–H and O–H groups in total. The number of hydrogen-bond donors (Lipinski definition) is 1. The predicted molar refractivity (Wildman–Crippen MR) is 55.8 cm³/mol. The molecule has 0 fully saturated rings. The van der Waals surface area contributed by atoms with Gasteiger partial charge in [-0.2, -0.15) is 5.10 Å². The highest BCUT2D eigenvalue weighted by atomic mass is 79.9. The van der Waals surface area contributed by atoms with Gasteiger partial charge in [-0.3, -0.25) is 4.79 Å². The van der Waals surface area contributed by atoms with Crippen LogP contribution in [0, 0.1) is 0 Å². The molecule has 0 atom stereocenters. The molecule has 0 unspecified atom stereocenters. The van der Waals surface area contributed by atoms with Crippen LogP contribution in [0.25, 0.3) is 0 Å². The maximum absolute atomic E-state index is 10.5. The first kappa shape index (κ1) is 10.3. The van der Waals surface area contributed by atoms with Crippen LogP contribution >= 0.6 is 27.3 Å². The van der Waals surface area contributed by atoms with Gasteiger partial charge in [-0.05, 0) is 22.9 Å². The molecule has 0 aliphatic carbocycles. The molecule has 13 heavy (non-hydrogen) atoms. The third-order valence-corrected chi connectivity index (χ3v) is 2.75. The summed E-state index contributed by atoms with van der Waals surface area (Å²) in [6.45, 7) is 3.20. The summed E-state index contributed by atoms with van der Waals surface area (Å²) in [4.78, 5) is 14.6. The second-order valence-corrected chi connectivity index (χ2v) is 4.74. The van der Waals surface area contributed by atoms with Gasteiger partial charge in [-0.15, -0.1) is 11.3 Å². The molecule has 1 amide bonds. The standard InChI is InChI=1S/C7H8BrN3OS/c1-4(10-11-5(2)12)7-9-3-6(8)13-7/h3H,1-2H3,(H,11,12)/b10-4-. The van der Waals surface area contributed by atoms with E-state index in [9.17, 15) is 4.79 Å². The molecule has 6 heteroatoms. The van der Waals surface area contributed by atoms with E-state index in [0.717, 1.165) is 8.79 Å². The zero-order chi connectivity index (χ0) is 9.84. The van der Waals surface area contributed by atoms with Crippen LogP contribution < -0.4 is 5.43 Å². The number of halogens is 1. The number of nitrogens with zero attached hydrogens (tertiary/aromatic N) is 2. The lowest BCUT2D eigenvalue weighted by Gasteiger charge is -1.94. The van der Waals surface area contributed by atoms with E-state index in [0.29, 0.717) is 5.71 Å². The van der Waals surface area contributed by atoms with E-state index >= 15 is 0 Å². The van der Waals surface area contributed by atoms with Gasteiger partial charge in [0, 0.05) is 6.92 Å². The molecule has 0 aromatic carbocycles. The molecule has 70 valence electrons. The lowest BCUT2D eigenvalue weighted by molar-refractivity contribution is -0.118. The fourth-order valence-electron chi connectivity index (χ4n) is 0.632. The van der Waals surface area contributed by atoms with Gasteiger partial charge in [0.25, 0.3) is 0 Å². The monoisotopic (exact) mass is 261 g/mol. The SMILES string of the molecule is CC(=O)N/N=C(/C)c1ncc(Br)s1. The fraction of sp³-hybridized carbons (Fsp3) is 0.286. The van der Waals surface area contributed by atoms with Gasteiger partial charge in [0.2, 0.25) is 5.91 Å². The summed E-state index contributed by atoms with van der Waals surface area (Å²) in [6.07, 6.45) is 1.70. The summed E-state index contributed by atoms with van der Waals surface area (Å²) >= 11 is 4.77. The average Bonchev–Trinajstić information content (AvgIpc) is 2.47. The maximum atomic E-state index is 10.5. The minimum atomic E-state index is -0.185. The maximum Gasteiger partial charge on any atom is 0.236 e. The predicted octanol–water partition coefficient (Wildman–Crippen LogP) is 1.77. The van der Waals surface area contributed by atoms with Gasteiger partial charge in [-0.25, -0.2) is 10.4 Å². The van der Waals surface area contributed by atoms with Crippen LogP contribution in [0.3, 0.4) is 0 Å². The molecule has 1 rings (SSSR count). The molecule has 1 heterocycles. The second-order valence-electron chi connectivity index (χ2n) is 2.33. The van der Waals surface area contributed by atoms with E-state index in [-0.39, 0.29) is 5.91 Å². The quantitative estimate of drug-likeness (QED) is 0.652. The highest BCUT2D eigenvalue weighted by molar-refractivity contribution is 9.11. The highest BCUT2D eigenvalue weighted by Gasteiger charge is 2.02. The van der Waals surface area contributed by atoms with Crippen molar-refractivity contribution < 1.29 is 4.79 Å². The third-order valence-electron chi connectivity index (χ3n) is 1.17. The van der Waals surface area contributed by atoms with Crippen molar-refractivity contribution in [3.63, 3.8) is 0 Å². The number of thiazole rings is 1. The Labute approximate surface area is 88.2 Å². The lowest BCUT2D eigenvalue weighted by atomic mass is 10.4. The Bertz CT molecular complexity index is 347. The first-order valence-corrected chi connectivity index (χ1v) is 5.13. The molecule has 0 spiro atoms. The molecule has 1 aromatic heterocycles. The van der Waals surface area contributed by atoms with E-state index < -0.39 is 0 Å². The van der Waals surface area contributed by atoms with Gasteiger partial charge in [-0.1, -0.05) is 0 Å². The highest BCUT2D eigenvalue weighted by Crippen LogP contribution is 2.19. The molecular formula is C7H8BrN3OS. The largest absolute Gasteiger partial charge is 0.274 e. The summed E-state index contributed by atoms with van der Waals surface area (Å²) in [6, 6.07) is 0. The molecule has 0 aliphatic heterocycles. The molecule has 0 saturated heterocycles. The smallest absolute Gasteiger partial charge is 0.236 e. The average molecular weight is 262 g/mol. The summed E-state index contributed by atoms with van der Waals surface area (Å²) in [5, 5.41) is 4.64. The lowest BCUT2D eigenvalue weighted by Crippen LogP contribution is -2.14. The first-order chi connectivity index (χ1) is 6.09. The van der Waals surface area contributed by atoms with Crippen LogP contribution in [0.4, 0.5) is 0 Å². The van der Waals surface area contributed by atoms with Crippen LogP contribution in [-0.4, -0.2) is 16.6 Å². The second kappa shape index (κ2) is 4.48. The number of amides is 1.